The molecule has 0 aromatic heterocycles. The van der Waals surface area contributed by atoms with Gasteiger partial charge in [0.1, 0.15) is 0 Å². The van der Waals surface area contributed by atoms with Gasteiger partial charge in [0.2, 0.25) is 0 Å². The molecule has 0 amide bonds. The second kappa shape index (κ2) is 4.27. The third-order valence-electron chi connectivity index (χ3n) is 3.57. The van der Waals surface area contributed by atoms with E-state index in [9.17, 15) is 0 Å². The molecule has 2 heterocycles. The predicted molar refractivity (Wildman–Crippen MR) is 68.6 cm³/mol. The molecule has 2 aliphatic heterocycles. The van der Waals surface area contributed by atoms with E-state index in [1.54, 1.807) is 0 Å². The highest BCUT2D eigenvalue weighted by atomic mass is 32.2. The van der Waals surface area contributed by atoms with Crippen molar-refractivity contribution in [1.82, 2.24) is 10.2 Å². The maximum absolute atomic E-state index is 3.49. The highest BCUT2D eigenvalue weighted by Gasteiger charge is 2.34. The second-order valence-corrected chi connectivity index (χ2v) is 7.86. The first-order valence-electron chi connectivity index (χ1n) is 6.06. The molecule has 0 bridgehead atoms. The van der Waals surface area contributed by atoms with Gasteiger partial charge in [-0.15, -0.1) is 0 Å². The Morgan fingerprint density at radius 1 is 1.33 bits per heavy atom. The average Bonchev–Trinajstić information content (AvgIpc) is 2.49. The van der Waals surface area contributed by atoms with E-state index >= 15 is 0 Å². The normalized spacial score (nSPS) is 37.0. The Kier molecular flexibility index (Phi) is 3.34. The number of nitrogens with one attached hydrogen (secondary N) is 1. The standard InChI is InChI=1S/C12H24N2S/c1-11(2)9-14(6-7-15-11)10-12(3)4-5-13-8-12/h13H,4-10H2,1-3H3. The number of rotatable bonds is 2. The first kappa shape index (κ1) is 11.7. The lowest BCUT2D eigenvalue weighted by molar-refractivity contribution is 0.171. The number of hydrogen-bond donors (Lipinski definition) is 1. The predicted octanol–water partition coefficient (Wildman–Crippen LogP) is 1.81. The molecule has 2 rings (SSSR count). The lowest BCUT2D eigenvalue weighted by Crippen LogP contribution is -2.47. The molecule has 15 heavy (non-hydrogen) atoms. The molecule has 3 heteroatoms. The third-order valence-corrected chi connectivity index (χ3v) is 4.86. The van der Waals surface area contributed by atoms with E-state index in [4.69, 9.17) is 0 Å². The van der Waals surface area contributed by atoms with Crippen LogP contribution in [0.3, 0.4) is 0 Å². The first-order valence-corrected chi connectivity index (χ1v) is 7.05. The van der Waals surface area contributed by atoms with Crippen LogP contribution in [0.25, 0.3) is 0 Å². The van der Waals surface area contributed by atoms with Crippen LogP contribution in [-0.4, -0.2) is 48.1 Å². The number of thioether (sulfide) groups is 1. The Bertz CT molecular complexity index is 222. The van der Waals surface area contributed by atoms with Gasteiger partial charge in [-0.1, -0.05) is 6.92 Å². The largest absolute Gasteiger partial charge is 0.316 e. The molecule has 1 unspecified atom stereocenters. The first-order chi connectivity index (χ1) is 6.99. The average molecular weight is 228 g/mol. The molecule has 1 N–H and O–H groups in total. The van der Waals surface area contributed by atoms with Crippen LogP contribution in [0.4, 0.5) is 0 Å². The van der Waals surface area contributed by atoms with Crippen LogP contribution in [0, 0.1) is 5.41 Å². The van der Waals surface area contributed by atoms with Crippen LogP contribution in [0.15, 0.2) is 0 Å². The molecule has 0 aromatic carbocycles. The topological polar surface area (TPSA) is 15.3 Å². The van der Waals surface area contributed by atoms with Gasteiger partial charge >= 0.3 is 0 Å². The summed E-state index contributed by atoms with van der Waals surface area (Å²) in [4.78, 5) is 2.67. The molecule has 0 radical (unpaired) electrons. The number of hydrogen-bond acceptors (Lipinski definition) is 3. The molecule has 2 fully saturated rings. The Labute approximate surface area is 98.2 Å². The second-order valence-electron chi connectivity index (χ2n) is 6.06. The minimum atomic E-state index is 0.459. The van der Waals surface area contributed by atoms with Crippen LogP contribution in [0.2, 0.25) is 0 Å². The smallest absolute Gasteiger partial charge is 0.0231 e. The Balaban J connectivity index is 1.88. The van der Waals surface area contributed by atoms with E-state index in [1.165, 1.54) is 44.9 Å². The fourth-order valence-corrected chi connectivity index (χ4v) is 3.97. The lowest BCUT2D eigenvalue weighted by atomic mass is 9.89. The summed E-state index contributed by atoms with van der Waals surface area (Å²) in [5.41, 5.74) is 0.526. The molecule has 1 atom stereocenters. The summed E-state index contributed by atoms with van der Waals surface area (Å²) >= 11 is 2.12. The fourth-order valence-electron chi connectivity index (χ4n) is 2.79. The SMILES string of the molecule is CC1(CN2CCSC(C)(C)C2)CCNC1. The van der Waals surface area contributed by atoms with Crippen LogP contribution in [-0.2, 0) is 0 Å². The van der Waals surface area contributed by atoms with E-state index < -0.39 is 0 Å². The van der Waals surface area contributed by atoms with Crippen molar-refractivity contribution >= 4 is 11.8 Å². The molecule has 88 valence electrons. The quantitative estimate of drug-likeness (QED) is 0.776. The van der Waals surface area contributed by atoms with Gasteiger partial charge in [-0.3, -0.25) is 0 Å². The molecular weight excluding hydrogens is 204 g/mol. The Morgan fingerprint density at radius 3 is 2.73 bits per heavy atom. The lowest BCUT2D eigenvalue weighted by Gasteiger charge is -2.41. The summed E-state index contributed by atoms with van der Waals surface area (Å²) in [6, 6.07) is 0. The van der Waals surface area contributed by atoms with Crippen molar-refractivity contribution < 1.29 is 0 Å². The van der Waals surface area contributed by atoms with Gasteiger partial charge in [0.25, 0.3) is 0 Å². The van der Waals surface area contributed by atoms with E-state index in [2.05, 4.69) is 42.7 Å². The summed E-state index contributed by atoms with van der Waals surface area (Å²) in [5.74, 6) is 1.30. The molecule has 0 saturated carbocycles. The van der Waals surface area contributed by atoms with E-state index in [1.807, 2.05) is 0 Å². The number of nitrogens with zero attached hydrogens (tertiary/aromatic N) is 1. The van der Waals surface area contributed by atoms with Crippen molar-refractivity contribution in [3.05, 3.63) is 0 Å². The molecule has 0 aliphatic carbocycles. The molecule has 2 saturated heterocycles. The van der Waals surface area contributed by atoms with E-state index in [0.29, 0.717) is 10.2 Å². The molecule has 2 nitrogen and oxygen atoms in total. The highest BCUT2D eigenvalue weighted by molar-refractivity contribution is 8.00. The van der Waals surface area contributed by atoms with Gasteiger partial charge in [0, 0.05) is 36.7 Å². The molecular formula is C12H24N2S. The molecule has 0 spiro atoms. The van der Waals surface area contributed by atoms with Gasteiger partial charge in [0.05, 0.1) is 0 Å². The third kappa shape index (κ3) is 3.11. The van der Waals surface area contributed by atoms with Crippen molar-refractivity contribution in [1.29, 1.82) is 0 Å². The van der Waals surface area contributed by atoms with Crippen molar-refractivity contribution in [2.75, 3.05) is 38.5 Å². The summed E-state index contributed by atoms with van der Waals surface area (Å²) in [5, 5.41) is 3.49. The fraction of sp³-hybridized carbons (Fsp3) is 1.00. The minimum absolute atomic E-state index is 0.459. The van der Waals surface area contributed by atoms with Crippen LogP contribution in [0.5, 0.6) is 0 Å². The zero-order valence-electron chi connectivity index (χ0n) is 10.3. The maximum Gasteiger partial charge on any atom is 0.0231 e. The van der Waals surface area contributed by atoms with Crippen LogP contribution < -0.4 is 5.32 Å². The van der Waals surface area contributed by atoms with Gasteiger partial charge in [-0.25, -0.2) is 0 Å². The van der Waals surface area contributed by atoms with E-state index in [0.717, 1.165) is 0 Å². The molecule has 0 aromatic rings. The van der Waals surface area contributed by atoms with Gasteiger partial charge < -0.3 is 10.2 Å². The summed E-state index contributed by atoms with van der Waals surface area (Å²) in [7, 11) is 0. The Hall–Kier alpha value is 0.270. The zero-order valence-corrected chi connectivity index (χ0v) is 11.1. The van der Waals surface area contributed by atoms with Gasteiger partial charge in [0.15, 0.2) is 0 Å². The Morgan fingerprint density at radius 2 is 2.13 bits per heavy atom. The van der Waals surface area contributed by atoms with Crippen molar-refractivity contribution in [3.63, 3.8) is 0 Å². The van der Waals surface area contributed by atoms with Crippen molar-refractivity contribution in [2.24, 2.45) is 5.41 Å². The zero-order chi connectivity index (χ0) is 10.9. The summed E-state index contributed by atoms with van der Waals surface area (Å²) < 4.78 is 0.459. The highest BCUT2D eigenvalue weighted by Crippen LogP contribution is 2.32. The molecule has 2 aliphatic rings. The van der Waals surface area contributed by atoms with Crippen LogP contribution in [0.1, 0.15) is 27.2 Å². The van der Waals surface area contributed by atoms with Gasteiger partial charge in [-0.05, 0) is 32.2 Å². The summed E-state index contributed by atoms with van der Waals surface area (Å²) in [6.45, 7) is 13.4. The van der Waals surface area contributed by atoms with Crippen molar-refractivity contribution in [2.45, 2.75) is 31.9 Å². The van der Waals surface area contributed by atoms with Gasteiger partial charge in [-0.2, -0.15) is 11.8 Å². The monoisotopic (exact) mass is 228 g/mol. The summed E-state index contributed by atoms with van der Waals surface area (Å²) in [6.07, 6.45) is 1.34. The van der Waals surface area contributed by atoms with E-state index in [-0.39, 0.29) is 0 Å². The van der Waals surface area contributed by atoms with Crippen LogP contribution >= 0.6 is 11.8 Å². The minimum Gasteiger partial charge on any atom is -0.316 e. The van der Waals surface area contributed by atoms with Crippen molar-refractivity contribution in [3.8, 4) is 0 Å². The maximum atomic E-state index is 3.49.